The van der Waals surface area contributed by atoms with Crippen molar-refractivity contribution >= 4 is 16.7 Å². The molecule has 3 N–H and O–H groups in total. The quantitative estimate of drug-likeness (QED) is 0.280. The lowest BCUT2D eigenvalue weighted by Crippen LogP contribution is -2.46. The van der Waals surface area contributed by atoms with Crippen LogP contribution in [0.5, 0.6) is 5.88 Å². The van der Waals surface area contributed by atoms with Gasteiger partial charge >= 0.3 is 11.9 Å². The Morgan fingerprint density at radius 3 is 2.49 bits per heavy atom. The minimum Gasteiger partial charge on any atom is -0.494 e. The molecular weight excluding hydrogens is 552 g/mol. The van der Waals surface area contributed by atoms with Crippen LogP contribution >= 0.6 is 0 Å². The zero-order chi connectivity index (χ0) is 29.6. The van der Waals surface area contributed by atoms with Gasteiger partial charge in [0.25, 0.3) is 5.56 Å². The predicted octanol–water partition coefficient (Wildman–Crippen LogP) is 3.80. The van der Waals surface area contributed by atoms with Gasteiger partial charge in [-0.1, -0.05) is 18.5 Å². The zero-order valence-electron chi connectivity index (χ0n) is 22.4. The first-order valence-electron chi connectivity index (χ1n) is 13.1. The molecule has 0 spiro atoms. The molecule has 0 bridgehead atoms. The van der Waals surface area contributed by atoms with E-state index in [9.17, 15) is 27.9 Å². The first kappa shape index (κ1) is 28.4. The van der Waals surface area contributed by atoms with Crippen molar-refractivity contribution in [3.05, 3.63) is 61.3 Å². The van der Waals surface area contributed by atoms with Crippen molar-refractivity contribution in [3.8, 4) is 11.7 Å². The summed E-state index contributed by atoms with van der Waals surface area (Å²) in [4.78, 5) is 30.0. The summed E-state index contributed by atoms with van der Waals surface area (Å²) in [6, 6.07) is 2.38. The Labute approximate surface area is 229 Å². The SMILES string of the molecule is CCCCc1cc(C(F)(F)F)nn1-c1noc2c(F)c(N3CC(C)OC(C)C3)c(Cc3c(O)[nH]c(=O)[nH]c3=O)cc12. The van der Waals surface area contributed by atoms with Crippen molar-refractivity contribution in [2.45, 2.75) is 64.8 Å². The molecule has 1 saturated heterocycles. The molecule has 2 unspecified atom stereocenters. The van der Waals surface area contributed by atoms with Crippen LogP contribution in [0.2, 0.25) is 0 Å². The van der Waals surface area contributed by atoms with Gasteiger partial charge in [0.1, 0.15) is 0 Å². The largest absolute Gasteiger partial charge is 0.494 e. The van der Waals surface area contributed by atoms with Gasteiger partial charge in [0.2, 0.25) is 17.3 Å². The number of aromatic nitrogens is 5. The van der Waals surface area contributed by atoms with Crippen LogP contribution in [0.1, 0.15) is 56.1 Å². The van der Waals surface area contributed by atoms with Crippen molar-refractivity contribution in [2.75, 3.05) is 18.0 Å². The number of hydrogen-bond donors (Lipinski definition) is 3. The molecule has 1 fully saturated rings. The second kappa shape index (κ2) is 10.7. The van der Waals surface area contributed by atoms with E-state index < -0.39 is 34.8 Å². The lowest BCUT2D eigenvalue weighted by molar-refractivity contribution is -0.141. The number of hydrogen-bond acceptors (Lipinski definition) is 8. The van der Waals surface area contributed by atoms with Crippen molar-refractivity contribution in [1.29, 1.82) is 0 Å². The van der Waals surface area contributed by atoms with Crippen LogP contribution in [-0.2, 0) is 23.8 Å². The summed E-state index contributed by atoms with van der Waals surface area (Å²) in [5, 5.41) is 18.0. The molecule has 4 aromatic rings. The Kier molecular flexibility index (Phi) is 7.40. The van der Waals surface area contributed by atoms with Crippen LogP contribution in [0.3, 0.4) is 0 Å². The first-order valence-corrected chi connectivity index (χ1v) is 13.1. The van der Waals surface area contributed by atoms with Gasteiger partial charge in [0, 0.05) is 25.2 Å². The number of H-pyrrole nitrogens is 2. The fourth-order valence-corrected chi connectivity index (χ4v) is 5.19. The van der Waals surface area contributed by atoms with Gasteiger partial charge < -0.3 is 19.3 Å². The monoisotopic (exact) mass is 580 g/mol. The maximum absolute atomic E-state index is 16.3. The van der Waals surface area contributed by atoms with Crippen molar-refractivity contribution < 1.29 is 31.9 Å². The number of alkyl halides is 3. The van der Waals surface area contributed by atoms with Gasteiger partial charge in [-0.2, -0.15) is 18.3 Å². The molecule has 0 aliphatic carbocycles. The summed E-state index contributed by atoms with van der Waals surface area (Å²) in [7, 11) is 0. The average Bonchev–Trinajstić information content (AvgIpc) is 3.48. The highest BCUT2D eigenvalue weighted by atomic mass is 19.4. The summed E-state index contributed by atoms with van der Waals surface area (Å²) in [5.74, 6) is -1.70. The van der Waals surface area contributed by atoms with Crippen LogP contribution < -0.4 is 16.1 Å². The van der Waals surface area contributed by atoms with E-state index in [1.54, 1.807) is 4.90 Å². The van der Waals surface area contributed by atoms with Crippen LogP contribution in [0, 0.1) is 5.82 Å². The molecule has 11 nitrogen and oxygen atoms in total. The third kappa shape index (κ3) is 5.45. The normalized spacial score (nSPS) is 18.0. The molecule has 1 aliphatic rings. The molecule has 0 saturated carbocycles. The van der Waals surface area contributed by atoms with E-state index >= 15 is 4.39 Å². The third-order valence-corrected chi connectivity index (χ3v) is 6.92. The molecule has 1 aromatic carbocycles. The van der Waals surface area contributed by atoms with E-state index in [0.29, 0.717) is 12.8 Å². The minimum absolute atomic E-state index is 0.0190. The molecule has 1 aliphatic heterocycles. The van der Waals surface area contributed by atoms with Gasteiger partial charge in [-0.25, -0.2) is 13.9 Å². The third-order valence-electron chi connectivity index (χ3n) is 6.92. The van der Waals surface area contributed by atoms with Gasteiger partial charge in [-0.3, -0.25) is 14.8 Å². The highest BCUT2D eigenvalue weighted by Gasteiger charge is 2.36. The lowest BCUT2D eigenvalue weighted by atomic mass is 10.00. The highest BCUT2D eigenvalue weighted by Crippen LogP contribution is 2.38. The number of fused-ring (bicyclic) bond motifs is 1. The number of aromatic hydroxyl groups is 1. The van der Waals surface area contributed by atoms with Gasteiger partial charge in [-0.15, -0.1) is 0 Å². The van der Waals surface area contributed by atoms with Crippen molar-refractivity contribution in [2.24, 2.45) is 0 Å². The average molecular weight is 581 g/mol. The Balaban J connectivity index is 1.73. The number of nitrogens with zero attached hydrogens (tertiary/aromatic N) is 4. The molecule has 4 heterocycles. The molecule has 2 atom stereocenters. The summed E-state index contributed by atoms with van der Waals surface area (Å²) < 4.78 is 69.2. The molecule has 0 amide bonds. The Hall–Kier alpha value is -4.14. The maximum Gasteiger partial charge on any atom is 0.435 e. The summed E-state index contributed by atoms with van der Waals surface area (Å²) in [6.45, 7) is 6.09. The molecule has 220 valence electrons. The zero-order valence-corrected chi connectivity index (χ0v) is 22.4. The van der Waals surface area contributed by atoms with Gasteiger partial charge in [0.05, 0.1) is 28.8 Å². The number of unbranched alkanes of at least 4 members (excludes halogenated alkanes) is 1. The standard InChI is InChI=1S/C26H28F4N6O5/c1-4-5-6-15-9-18(26(28,29)30)33-36(15)22-16-7-14(8-17-23(37)31-25(39)32-24(17)38)20(19(27)21(16)41-34-22)35-10-12(2)40-13(3)11-35/h7,9,12-13H,4-6,8,10-11H2,1-3H3,(H3,31,32,37,38,39). The van der Waals surface area contributed by atoms with Gasteiger partial charge in [-0.05, 0) is 44.4 Å². The number of halogens is 4. The second-order valence-electron chi connectivity index (χ2n) is 10.2. The molecule has 15 heteroatoms. The highest BCUT2D eigenvalue weighted by molar-refractivity contribution is 5.89. The summed E-state index contributed by atoms with van der Waals surface area (Å²) in [5.41, 5.74) is -3.01. The van der Waals surface area contributed by atoms with Crippen LogP contribution in [0.25, 0.3) is 16.8 Å². The molecule has 41 heavy (non-hydrogen) atoms. The van der Waals surface area contributed by atoms with Crippen LogP contribution in [0.4, 0.5) is 23.2 Å². The van der Waals surface area contributed by atoms with E-state index in [-0.39, 0.29) is 77.4 Å². The minimum atomic E-state index is -4.72. The summed E-state index contributed by atoms with van der Waals surface area (Å²) >= 11 is 0. The van der Waals surface area contributed by atoms with Gasteiger partial charge in [0.15, 0.2) is 11.5 Å². The number of benzene rings is 1. The van der Waals surface area contributed by atoms with E-state index in [1.807, 2.05) is 25.8 Å². The van der Waals surface area contributed by atoms with Crippen LogP contribution in [0.15, 0.2) is 26.2 Å². The lowest BCUT2D eigenvalue weighted by Gasteiger charge is -2.38. The number of aromatic amines is 2. The Morgan fingerprint density at radius 1 is 1.15 bits per heavy atom. The number of aryl methyl sites for hydroxylation is 1. The number of nitrogens with one attached hydrogen (secondary N) is 2. The number of anilines is 1. The number of rotatable bonds is 7. The van der Waals surface area contributed by atoms with E-state index in [0.717, 1.165) is 10.7 Å². The number of ether oxygens (including phenoxy) is 1. The molecule has 5 rings (SSSR count). The molecule has 0 radical (unpaired) electrons. The van der Waals surface area contributed by atoms with Crippen LogP contribution in [-0.4, -0.2) is 55.3 Å². The topological polar surface area (TPSA) is 142 Å². The van der Waals surface area contributed by atoms with E-state index in [1.165, 1.54) is 6.07 Å². The molecular formula is C26H28F4N6O5. The first-order chi connectivity index (χ1) is 19.4. The maximum atomic E-state index is 16.3. The van der Waals surface area contributed by atoms with Crippen molar-refractivity contribution in [1.82, 2.24) is 24.9 Å². The van der Waals surface area contributed by atoms with E-state index in [2.05, 4.69) is 15.2 Å². The fourth-order valence-electron chi connectivity index (χ4n) is 5.19. The smallest absolute Gasteiger partial charge is 0.435 e. The molecule has 3 aromatic heterocycles. The van der Waals surface area contributed by atoms with E-state index in [4.69, 9.17) is 9.26 Å². The summed E-state index contributed by atoms with van der Waals surface area (Å²) in [6.07, 6.45) is -4.06. The Bertz CT molecular complexity index is 1700. The number of morpholine rings is 1. The fraction of sp³-hybridized carbons (Fsp3) is 0.462. The van der Waals surface area contributed by atoms with Crippen molar-refractivity contribution in [3.63, 3.8) is 0 Å². The second-order valence-corrected chi connectivity index (χ2v) is 10.2. The predicted molar refractivity (Wildman–Crippen MR) is 139 cm³/mol. The Morgan fingerprint density at radius 2 is 1.85 bits per heavy atom.